The van der Waals surface area contributed by atoms with Gasteiger partial charge in [-0.15, -0.1) is 0 Å². The molecule has 4 heteroatoms. The molecule has 0 rings (SSSR count). The maximum atomic E-state index is 11.8. The first-order valence-corrected chi connectivity index (χ1v) is 13.9. The van der Waals surface area contributed by atoms with Crippen LogP contribution in [0.5, 0.6) is 0 Å². The highest BCUT2D eigenvalue weighted by Gasteiger charge is 2.09. The predicted octanol–water partition coefficient (Wildman–Crippen LogP) is 8.54. The molecule has 0 aliphatic rings. The lowest BCUT2D eigenvalue weighted by Gasteiger charge is -2.04. The maximum absolute atomic E-state index is 11.8. The summed E-state index contributed by atoms with van der Waals surface area (Å²) in [5, 5.41) is 0. The van der Waals surface area contributed by atoms with E-state index in [-0.39, 0.29) is 35.0 Å². The zero-order chi connectivity index (χ0) is 22.8. The van der Waals surface area contributed by atoms with Gasteiger partial charge < -0.3 is 4.74 Å². The van der Waals surface area contributed by atoms with Crippen LogP contribution in [0.25, 0.3) is 0 Å². The van der Waals surface area contributed by atoms with E-state index in [0.29, 0.717) is 12.8 Å². The first kappa shape index (κ1) is 34.1. The second-order valence-corrected chi connectivity index (χ2v) is 9.42. The Morgan fingerprint density at radius 3 is 0.875 bits per heavy atom. The van der Waals surface area contributed by atoms with Gasteiger partial charge in [0, 0.05) is 12.8 Å². The quantitative estimate of drug-likeness (QED) is 0.0621. The third kappa shape index (κ3) is 27.9. The van der Waals surface area contributed by atoms with Crippen LogP contribution >= 0.6 is 0 Å². The van der Waals surface area contributed by atoms with Crippen molar-refractivity contribution in [3.05, 3.63) is 0 Å². The molecule has 0 aliphatic heterocycles. The molecule has 0 N–H and O–H groups in total. The van der Waals surface area contributed by atoms with Crippen LogP contribution < -0.4 is 0 Å². The van der Waals surface area contributed by atoms with Gasteiger partial charge >= 0.3 is 35.0 Å². The summed E-state index contributed by atoms with van der Waals surface area (Å²) in [6.07, 6.45) is 28.6. The summed E-state index contributed by atoms with van der Waals surface area (Å²) in [6.45, 7) is 4.49. The van der Waals surface area contributed by atoms with E-state index < -0.39 is 0 Å². The highest BCUT2D eigenvalue weighted by molar-refractivity contribution is 5.85. The fourth-order valence-electron chi connectivity index (χ4n) is 4.10. The van der Waals surface area contributed by atoms with Crippen molar-refractivity contribution < 1.29 is 14.3 Å². The van der Waals surface area contributed by atoms with Crippen molar-refractivity contribution in [2.45, 2.75) is 168 Å². The number of rotatable bonds is 24. The van der Waals surface area contributed by atoms with Crippen molar-refractivity contribution >= 4 is 35.0 Å². The first-order valence-electron chi connectivity index (χ1n) is 13.9. The fraction of sp³-hybridized carbons (Fsp3) is 0.929. The van der Waals surface area contributed by atoms with E-state index in [1.165, 1.54) is 116 Å². The molecule has 0 aliphatic carbocycles. The molecule has 0 unspecified atom stereocenters. The Morgan fingerprint density at radius 1 is 0.406 bits per heavy atom. The van der Waals surface area contributed by atoms with E-state index in [2.05, 4.69) is 13.8 Å². The molecule has 0 radical (unpaired) electrons. The number of unbranched alkanes of at least 4 members (excludes halogenated alkanes) is 20. The number of hydrogen-bond acceptors (Lipinski definition) is 3. The van der Waals surface area contributed by atoms with Gasteiger partial charge in [0.2, 0.25) is 0 Å². The Balaban J connectivity index is 0. The highest BCUT2D eigenvalue weighted by atomic mass is 24.3. The molecule has 188 valence electrons. The minimum absolute atomic E-state index is 0. The topological polar surface area (TPSA) is 43.4 Å². The van der Waals surface area contributed by atoms with E-state index in [9.17, 15) is 9.59 Å². The molecule has 0 aromatic rings. The van der Waals surface area contributed by atoms with Crippen LogP contribution in [0.3, 0.4) is 0 Å². The second-order valence-electron chi connectivity index (χ2n) is 9.42. The van der Waals surface area contributed by atoms with Crippen LogP contribution in [0.1, 0.15) is 168 Å². The van der Waals surface area contributed by atoms with Crippen LogP contribution in [0.15, 0.2) is 0 Å². The summed E-state index contributed by atoms with van der Waals surface area (Å²) in [7, 11) is 0. The molecule has 0 atom stereocenters. The van der Waals surface area contributed by atoms with Crippen LogP contribution in [-0.4, -0.2) is 35.0 Å². The van der Waals surface area contributed by atoms with Crippen molar-refractivity contribution in [1.29, 1.82) is 0 Å². The molecule has 0 amide bonds. The number of carbonyl (C=O) groups excluding carboxylic acids is 2. The Kier molecular flexibility index (Phi) is 30.8. The van der Waals surface area contributed by atoms with Gasteiger partial charge in [0.15, 0.2) is 0 Å². The first-order chi connectivity index (χ1) is 15.2. The fourth-order valence-corrected chi connectivity index (χ4v) is 4.10. The highest BCUT2D eigenvalue weighted by Crippen LogP contribution is 2.14. The Bertz CT molecular complexity index is 398. The number of hydrogen-bond donors (Lipinski definition) is 0. The monoisotopic (exact) mass is 464 g/mol. The lowest BCUT2D eigenvalue weighted by molar-refractivity contribution is -0.159. The van der Waals surface area contributed by atoms with Gasteiger partial charge in [-0.1, -0.05) is 142 Å². The van der Waals surface area contributed by atoms with Crippen LogP contribution in [0.4, 0.5) is 0 Å². The number of ether oxygens (including phenoxy) is 1. The minimum atomic E-state index is -0.334. The Labute approximate surface area is 216 Å². The molecule has 0 aromatic heterocycles. The largest absolute Gasteiger partial charge is 0.393 e. The zero-order valence-electron chi connectivity index (χ0n) is 21.2. The predicted molar refractivity (Wildman–Crippen MR) is 142 cm³/mol. The Morgan fingerprint density at radius 2 is 0.625 bits per heavy atom. The molecular formula is C28H56MgO3. The van der Waals surface area contributed by atoms with Gasteiger partial charge in [0.1, 0.15) is 0 Å². The van der Waals surface area contributed by atoms with Crippen LogP contribution in [0, 0.1) is 0 Å². The molecule has 0 spiro atoms. The average Bonchev–Trinajstić information content (AvgIpc) is 2.75. The Hall–Kier alpha value is -0.0938. The summed E-state index contributed by atoms with van der Waals surface area (Å²) in [5.74, 6) is -0.665. The summed E-state index contributed by atoms with van der Waals surface area (Å²) < 4.78 is 4.94. The standard InChI is InChI=1S/C28H54O3.Mg.2H/c1-3-5-7-9-11-12-13-14-15-16-17-18-20-22-24-26-28(30)31-27(29)25-23-21-19-10-8-6-4-2;;;/h3-26H2,1-2H3;;;. The molecule has 0 saturated carbocycles. The van der Waals surface area contributed by atoms with E-state index in [1.807, 2.05) is 0 Å². The summed E-state index contributed by atoms with van der Waals surface area (Å²) >= 11 is 0. The van der Waals surface area contributed by atoms with Crippen molar-refractivity contribution in [3.63, 3.8) is 0 Å². The SMILES string of the molecule is CCCCCCCCCCCCCCCCCC(=O)OC(=O)CCCCCCCCC.[MgH2]. The lowest BCUT2D eigenvalue weighted by Crippen LogP contribution is -2.11. The molecule has 0 bridgehead atoms. The minimum Gasteiger partial charge on any atom is -0.393 e. The molecular weight excluding hydrogens is 409 g/mol. The maximum Gasteiger partial charge on any atom is 0.316 e. The molecule has 0 heterocycles. The van der Waals surface area contributed by atoms with E-state index in [4.69, 9.17) is 4.74 Å². The van der Waals surface area contributed by atoms with Crippen LogP contribution in [-0.2, 0) is 14.3 Å². The van der Waals surface area contributed by atoms with Crippen LogP contribution in [0.2, 0.25) is 0 Å². The summed E-state index contributed by atoms with van der Waals surface area (Å²) in [4.78, 5) is 23.5. The molecule has 0 aromatic carbocycles. The third-order valence-corrected chi connectivity index (χ3v) is 6.20. The van der Waals surface area contributed by atoms with Gasteiger partial charge in [0.05, 0.1) is 0 Å². The normalized spacial score (nSPS) is 10.7. The van der Waals surface area contributed by atoms with Gasteiger partial charge in [0.25, 0.3) is 0 Å². The van der Waals surface area contributed by atoms with Crippen molar-refractivity contribution in [2.75, 3.05) is 0 Å². The third-order valence-electron chi connectivity index (χ3n) is 6.20. The summed E-state index contributed by atoms with van der Waals surface area (Å²) in [5.41, 5.74) is 0. The van der Waals surface area contributed by atoms with E-state index in [1.54, 1.807) is 0 Å². The van der Waals surface area contributed by atoms with Crippen molar-refractivity contribution in [3.8, 4) is 0 Å². The van der Waals surface area contributed by atoms with Gasteiger partial charge in [-0.25, -0.2) is 0 Å². The number of carbonyl (C=O) groups is 2. The second kappa shape index (κ2) is 28.9. The number of esters is 2. The summed E-state index contributed by atoms with van der Waals surface area (Å²) in [6, 6.07) is 0. The smallest absolute Gasteiger partial charge is 0.316 e. The van der Waals surface area contributed by atoms with Gasteiger partial charge in [-0.2, -0.15) is 0 Å². The van der Waals surface area contributed by atoms with Crippen molar-refractivity contribution in [2.24, 2.45) is 0 Å². The van der Waals surface area contributed by atoms with Crippen molar-refractivity contribution in [1.82, 2.24) is 0 Å². The van der Waals surface area contributed by atoms with Gasteiger partial charge in [-0.05, 0) is 12.8 Å². The molecule has 3 nitrogen and oxygen atoms in total. The van der Waals surface area contributed by atoms with E-state index >= 15 is 0 Å². The van der Waals surface area contributed by atoms with E-state index in [0.717, 1.165) is 25.7 Å². The lowest BCUT2D eigenvalue weighted by atomic mass is 10.0. The average molecular weight is 465 g/mol. The zero-order valence-corrected chi connectivity index (χ0v) is 21.2. The molecule has 32 heavy (non-hydrogen) atoms. The molecule has 0 saturated heterocycles. The molecule has 0 fully saturated rings. The van der Waals surface area contributed by atoms with Gasteiger partial charge in [-0.3, -0.25) is 9.59 Å².